The molecule has 0 aromatic heterocycles. The summed E-state index contributed by atoms with van der Waals surface area (Å²) in [7, 11) is 0. The lowest BCUT2D eigenvalue weighted by Crippen LogP contribution is -2.45. The summed E-state index contributed by atoms with van der Waals surface area (Å²) < 4.78 is 0. The fourth-order valence-electron chi connectivity index (χ4n) is 2.73. The van der Waals surface area contributed by atoms with E-state index in [1.165, 1.54) is 0 Å². The second-order valence-corrected chi connectivity index (χ2v) is 5.38. The topological polar surface area (TPSA) is 95.7 Å². The Morgan fingerprint density at radius 3 is 2.48 bits per heavy atom. The Balaban J connectivity index is 1.80. The highest BCUT2D eigenvalue weighted by Crippen LogP contribution is 2.30. The van der Waals surface area contributed by atoms with E-state index in [9.17, 15) is 14.7 Å². The molecular formula is C15H21N3O3. The van der Waals surface area contributed by atoms with Gasteiger partial charge in [-0.15, -0.1) is 0 Å². The number of carbonyl (C=O) groups excluding carboxylic acids is 2. The summed E-state index contributed by atoms with van der Waals surface area (Å²) in [5.41, 5.74) is 5.84. The van der Waals surface area contributed by atoms with Crippen LogP contribution in [0.4, 0.5) is 4.79 Å². The van der Waals surface area contributed by atoms with Crippen LogP contribution in [0.1, 0.15) is 24.5 Å². The third-order valence-electron chi connectivity index (χ3n) is 3.85. The van der Waals surface area contributed by atoms with Crippen molar-refractivity contribution < 1.29 is 14.7 Å². The summed E-state index contributed by atoms with van der Waals surface area (Å²) in [4.78, 5) is 24.0. The second kappa shape index (κ2) is 7.19. The van der Waals surface area contributed by atoms with Gasteiger partial charge < -0.3 is 10.8 Å². The number of nitrogens with one attached hydrogen (secondary N) is 1. The molecule has 0 bridgehead atoms. The van der Waals surface area contributed by atoms with E-state index in [1.807, 2.05) is 35.2 Å². The number of aliphatic hydroxyl groups excluding tert-OH is 1. The highest BCUT2D eigenvalue weighted by atomic mass is 16.3. The third-order valence-corrected chi connectivity index (χ3v) is 3.85. The van der Waals surface area contributed by atoms with Gasteiger partial charge in [-0.3, -0.25) is 15.0 Å². The van der Waals surface area contributed by atoms with Crippen LogP contribution in [0.2, 0.25) is 0 Å². The van der Waals surface area contributed by atoms with E-state index in [4.69, 9.17) is 5.73 Å². The quantitative estimate of drug-likeness (QED) is 0.758. The highest BCUT2D eigenvalue weighted by Gasteiger charge is 2.26. The summed E-state index contributed by atoms with van der Waals surface area (Å²) in [6.45, 7) is 1.61. The van der Waals surface area contributed by atoms with Gasteiger partial charge in [0.15, 0.2) is 0 Å². The third kappa shape index (κ3) is 4.54. The molecule has 2 rings (SSSR count). The zero-order chi connectivity index (χ0) is 15.2. The molecular weight excluding hydrogens is 270 g/mol. The molecule has 1 unspecified atom stereocenters. The largest absolute Gasteiger partial charge is 0.388 e. The fraction of sp³-hybridized carbons (Fsp3) is 0.467. The van der Waals surface area contributed by atoms with Gasteiger partial charge in [0.1, 0.15) is 0 Å². The van der Waals surface area contributed by atoms with Crippen LogP contribution in [-0.4, -0.2) is 41.6 Å². The molecule has 114 valence electrons. The number of aliphatic hydroxyl groups is 1. The molecule has 6 nitrogen and oxygen atoms in total. The molecule has 1 aliphatic heterocycles. The van der Waals surface area contributed by atoms with Crippen LogP contribution in [-0.2, 0) is 4.79 Å². The molecule has 0 saturated carbocycles. The van der Waals surface area contributed by atoms with Crippen molar-refractivity contribution in [3.8, 4) is 0 Å². The summed E-state index contributed by atoms with van der Waals surface area (Å²) in [6.07, 6.45) is 1.17. The fourth-order valence-corrected chi connectivity index (χ4v) is 2.73. The lowest BCUT2D eigenvalue weighted by molar-refractivity contribution is -0.121. The van der Waals surface area contributed by atoms with Crippen molar-refractivity contribution in [2.45, 2.75) is 18.9 Å². The van der Waals surface area contributed by atoms with E-state index in [1.54, 1.807) is 0 Å². The number of urea groups is 1. The average Bonchev–Trinajstić information content (AvgIpc) is 2.47. The van der Waals surface area contributed by atoms with Gasteiger partial charge in [-0.25, -0.2) is 4.79 Å². The number of hydrogen-bond acceptors (Lipinski definition) is 4. The molecule has 3 amide bonds. The molecule has 0 aliphatic carbocycles. The van der Waals surface area contributed by atoms with Crippen molar-refractivity contribution in [2.24, 2.45) is 11.7 Å². The molecule has 1 aromatic carbocycles. The Morgan fingerprint density at radius 2 is 1.90 bits per heavy atom. The van der Waals surface area contributed by atoms with E-state index >= 15 is 0 Å². The van der Waals surface area contributed by atoms with Crippen molar-refractivity contribution >= 4 is 11.9 Å². The minimum Gasteiger partial charge on any atom is -0.388 e. The molecule has 1 atom stereocenters. The number of nitrogens with zero attached hydrogens (tertiary/aromatic N) is 1. The normalized spacial score (nSPS) is 18.1. The Morgan fingerprint density at radius 1 is 1.29 bits per heavy atom. The first-order valence-electron chi connectivity index (χ1n) is 7.11. The maximum absolute atomic E-state index is 11.5. The van der Waals surface area contributed by atoms with Gasteiger partial charge in [0, 0.05) is 0 Å². The van der Waals surface area contributed by atoms with Crippen molar-refractivity contribution in [3.05, 3.63) is 35.9 Å². The SMILES string of the molecule is NC(=O)NC(=O)CN1CCC(C(O)c2ccccc2)CC1. The Hall–Kier alpha value is -1.92. The number of carbonyl (C=O) groups is 2. The van der Waals surface area contributed by atoms with Crippen molar-refractivity contribution in [1.82, 2.24) is 10.2 Å². The molecule has 1 saturated heterocycles. The summed E-state index contributed by atoms with van der Waals surface area (Å²) in [6, 6.07) is 8.79. The zero-order valence-electron chi connectivity index (χ0n) is 11.9. The zero-order valence-corrected chi connectivity index (χ0v) is 11.9. The van der Waals surface area contributed by atoms with Crippen molar-refractivity contribution in [3.63, 3.8) is 0 Å². The maximum atomic E-state index is 11.5. The Kier molecular flexibility index (Phi) is 5.30. The molecule has 6 heteroatoms. The van der Waals surface area contributed by atoms with Gasteiger partial charge in [-0.1, -0.05) is 30.3 Å². The van der Waals surface area contributed by atoms with Gasteiger partial charge >= 0.3 is 6.03 Å². The molecule has 21 heavy (non-hydrogen) atoms. The standard InChI is InChI=1S/C15H21N3O3/c16-15(21)17-13(19)10-18-8-6-12(7-9-18)14(20)11-4-2-1-3-5-11/h1-5,12,14,20H,6-10H2,(H3,16,17,19,21). The van der Waals surface area contributed by atoms with Crippen molar-refractivity contribution in [2.75, 3.05) is 19.6 Å². The first-order valence-corrected chi connectivity index (χ1v) is 7.11. The lowest BCUT2D eigenvalue weighted by atomic mass is 9.87. The number of amides is 3. The smallest absolute Gasteiger partial charge is 0.318 e. The predicted molar refractivity (Wildman–Crippen MR) is 78.3 cm³/mol. The number of nitrogens with two attached hydrogens (primary N) is 1. The van der Waals surface area contributed by atoms with Crippen LogP contribution in [0.3, 0.4) is 0 Å². The summed E-state index contributed by atoms with van der Waals surface area (Å²) in [5, 5.41) is 12.4. The molecule has 4 N–H and O–H groups in total. The molecule has 1 aromatic rings. The average molecular weight is 291 g/mol. The van der Waals surface area contributed by atoms with Crippen LogP contribution in [0, 0.1) is 5.92 Å². The highest BCUT2D eigenvalue weighted by molar-refractivity contribution is 5.94. The summed E-state index contributed by atoms with van der Waals surface area (Å²) in [5.74, 6) is -0.188. The second-order valence-electron chi connectivity index (χ2n) is 5.38. The Labute approximate surface area is 123 Å². The van der Waals surface area contributed by atoms with Gasteiger partial charge in [0.2, 0.25) is 5.91 Å². The summed E-state index contributed by atoms with van der Waals surface area (Å²) >= 11 is 0. The first-order chi connectivity index (χ1) is 10.1. The van der Waals surface area contributed by atoms with E-state index in [-0.39, 0.29) is 18.4 Å². The minimum atomic E-state index is -0.825. The van der Waals surface area contributed by atoms with Crippen LogP contribution in [0.15, 0.2) is 30.3 Å². The minimum absolute atomic E-state index is 0.164. The monoisotopic (exact) mass is 291 g/mol. The number of likely N-dealkylation sites (tertiary alicyclic amines) is 1. The Bertz CT molecular complexity index is 484. The number of imide groups is 1. The van der Waals surface area contributed by atoms with E-state index < -0.39 is 12.1 Å². The molecule has 1 heterocycles. The van der Waals surface area contributed by atoms with Gasteiger partial charge in [0.25, 0.3) is 0 Å². The number of hydrogen-bond donors (Lipinski definition) is 3. The molecule has 0 radical (unpaired) electrons. The number of rotatable bonds is 4. The molecule has 0 spiro atoms. The number of piperidine rings is 1. The van der Waals surface area contributed by atoms with Crippen LogP contribution < -0.4 is 11.1 Å². The maximum Gasteiger partial charge on any atom is 0.318 e. The van der Waals surface area contributed by atoms with E-state index in [0.29, 0.717) is 0 Å². The van der Waals surface area contributed by atoms with Gasteiger partial charge in [-0.05, 0) is 37.4 Å². The van der Waals surface area contributed by atoms with Crippen LogP contribution in [0.5, 0.6) is 0 Å². The van der Waals surface area contributed by atoms with Crippen LogP contribution in [0.25, 0.3) is 0 Å². The predicted octanol–water partition coefficient (Wildman–Crippen LogP) is 0.627. The lowest BCUT2D eigenvalue weighted by Gasteiger charge is -2.33. The molecule has 1 aliphatic rings. The van der Waals surface area contributed by atoms with Crippen molar-refractivity contribution in [1.29, 1.82) is 0 Å². The van der Waals surface area contributed by atoms with Gasteiger partial charge in [0.05, 0.1) is 12.6 Å². The van der Waals surface area contributed by atoms with Crippen LogP contribution >= 0.6 is 0 Å². The number of primary amides is 1. The number of benzene rings is 1. The van der Waals surface area contributed by atoms with E-state index in [0.717, 1.165) is 31.5 Å². The molecule has 1 fully saturated rings. The van der Waals surface area contributed by atoms with Gasteiger partial charge in [-0.2, -0.15) is 0 Å². The van der Waals surface area contributed by atoms with E-state index in [2.05, 4.69) is 5.32 Å². The first kappa shape index (κ1) is 15.5.